The molecule has 0 radical (unpaired) electrons. The summed E-state index contributed by atoms with van der Waals surface area (Å²) in [4.78, 5) is 3.21. The number of hydrogen-bond donors (Lipinski definition) is 2. The van der Waals surface area contributed by atoms with Crippen molar-refractivity contribution in [2.24, 2.45) is 0 Å². The summed E-state index contributed by atoms with van der Waals surface area (Å²) in [5.74, 6) is 0. The molecule has 3 aromatic rings. The van der Waals surface area contributed by atoms with Crippen LogP contribution < -0.4 is 0 Å². The predicted molar refractivity (Wildman–Crippen MR) is 90.8 cm³/mol. The number of H-pyrrole nitrogens is 1. The number of aromatic amines is 1. The Kier molecular flexibility index (Phi) is 3.21. The molecule has 0 saturated heterocycles. The standard InChI is InChI=1S/C20H18N2O/c21-11-8-16-13-22-19-7-4-15(12-18(16)19)14-2-5-17(6-3-14)20(23)9-1-10-20/h2-7,12-13,22-23H,1,8-10H2. The van der Waals surface area contributed by atoms with Crippen LogP contribution in [0.2, 0.25) is 0 Å². The van der Waals surface area contributed by atoms with E-state index in [2.05, 4.69) is 41.4 Å². The fraction of sp³-hybridized carbons (Fsp3) is 0.250. The van der Waals surface area contributed by atoms with Crippen LogP contribution in [0.1, 0.15) is 30.4 Å². The molecule has 3 nitrogen and oxygen atoms in total. The molecule has 0 atom stereocenters. The van der Waals surface area contributed by atoms with Crippen molar-refractivity contribution >= 4 is 10.9 Å². The van der Waals surface area contributed by atoms with Gasteiger partial charge in [-0.25, -0.2) is 0 Å². The van der Waals surface area contributed by atoms with Crippen molar-refractivity contribution in [3.63, 3.8) is 0 Å². The number of benzene rings is 2. The van der Waals surface area contributed by atoms with E-state index < -0.39 is 5.60 Å². The van der Waals surface area contributed by atoms with Gasteiger partial charge in [0.15, 0.2) is 0 Å². The number of hydrogen-bond acceptors (Lipinski definition) is 2. The van der Waals surface area contributed by atoms with Gasteiger partial charge in [-0.1, -0.05) is 30.3 Å². The van der Waals surface area contributed by atoms with E-state index in [1.165, 1.54) is 0 Å². The number of nitriles is 1. The molecule has 114 valence electrons. The lowest BCUT2D eigenvalue weighted by molar-refractivity contribution is -0.0387. The van der Waals surface area contributed by atoms with Gasteiger partial charge in [0, 0.05) is 17.1 Å². The first-order valence-corrected chi connectivity index (χ1v) is 8.00. The molecule has 23 heavy (non-hydrogen) atoms. The molecule has 4 rings (SSSR count). The summed E-state index contributed by atoms with van der Waals surface area (Å²) in [7, 11) is 0. The van der Waals surface area contributed by atoms with Gasteiger partial charge in [0.25, 0.3) is 0 Å². The number of nitrogens with one attached hydrogen (secondary N) is 1. The number of nitrogens with zero attached hydrogens (tertiary/aromatic N) is 1. The van der Waals surface area contributed by atoms with Crippen LogP contribution >= 0.6 is 0 Å². The Morgan fingerprint density at radius 2 is 1.83 bits per heavy atom. The van der Waals surface area contributed by atoms with Crippen LogP contribution in [-0.4, -0.2) is 10.1 Å². The molecule has 0 bridgehead atoms. The second-order valence-corrected chi connectivity index (χ2v) is 6.37. The third kappa shape index (κ3) is 2.32. The van der Waals surface area contributed by atoms with Crippen molar-refractivity contribution < 1.29 is 5.11 Å². The highest BCUT2D eigenvalue weighted by molar-refractivity contribution is 5.88. The van der Waals surface area contributed by atoms with E-state index in [4.69, 9.17) is 5.26 Å². The van der Waals surface area contributed by atoms with E-state index in [1.807, 2.05) is 18.3 Å². The summed E-state index contributed by atoms with van der Waals surface area (Å²) in [6.07, 6.45) is 5.14. The Labute approximate surface area is 135 Å². The molecule has 1 saturated carbocycles. The maximum Gasteiger partial charge on any atom is 0.0896 e. The summed E-state index contributed by atoms with van der Waals surface area (Å²) in [5, 5.41) is 20.5. The zero-order valence-corrected chi connectivity index (χ0v) is 12.8. The first-order valence-electron chi connectivity index (χ1n) is 8.00. The van der Waals surface area contributed by atoms with Gasteiger partial charge in [0.1, 0.15) is 0 Å². The number of aliphatic hydroxyl groups is 1. The monoisotopic (exact) mass is 302 g/mol. The van der Waals surface area contributed by atoms with Gasteiger partial charge in [0.2, 0.25) is 0 Å². The third-order valence-electron chi connectivity index (χ3n) is 4.97. The van der Waals surface area contributed by atoms with Crippen molar-refractivity contribution in [3.05, 3.63) is 59.8 Å². The summed E-state index contributed by atoms with van der Waals surface area (Å²) >= 11 is 0. The first kappa shape index (κ1) is 14.0. The molecule has 0 unspecified atom stereocenters. The maximum atomic E-state index is 10.4. The van der Waals surface area contributed by atoms with E-state index in [0.717, 1.165) is 52.4 Å². The van der Waals surface area contributed by atoms with Crippen LogP contribution in [0.25, 0.3) is 22.0 Å². The first-order chi connectivity index (χ1) is 11.2. The molecule has 1 aliphatic carbocycles. The average molecular weight is 302 g/mol. The molecule has 0 spiro atoms. The maximum absolute atomic E-state index is 10.4. The molecule has 0 aliphatic heterocycles. The van der Waals surface area contributed by atoms with E-state index in [-0.39, 0.29) is 0 Å². The lowest BCUT2D eigenvalue weighted by Crippen LogP contribution is -2.33. The minimum Gasteiger partial charge on any atom is -0.385 e. The molecule has 1 fully saturated rings. The molecule has 1 aliphatic rings. The quantitative estimate of drug-likeness (QED) is 0.759. The van der Waals surface area contributed by atoms with Gasteiger partial charge in [-0.05, 0) is 53.6 Å². The van der Waals surface area contributed by atoms with Gasteiger partial charge >= 0.3 is 0 Å². The fourth-order valence-corrected chi connectivity index (χ4v) is 3.36. The van der Waals surface area contributed by atoms with Gasteiger partial charge in [-0.15, -0.1) is 0 Å². The zero-order chi connectivity index (χ0) is 15.9. The van der Waals surface area contributed by atoms with Crippen molar-refractivity contribution in [1.29, 1.82) is 5.26 Å². The zero-order valence-electron chi connectivity index (χ0n) is 12.8. The van der Waals surface area contributed by atoms with E-state index >= 15 is 0 Å². The highest BCUT2D eigenvalue weighted by atomic mass is 16.3. The van der Waals surface area contributed by atoms with Crippen LogP contribution in [0.4, 0.5) is 0 Å². The largest absolute Gasteiger partial charge is 0.385 e. The Bertz CT molecular complexity index is 896. The SMILES string of the molecule is N#CCc1c[nH]c2ccc(-c3ccc(C4(O)CCC4)cc3)cc12. The molecular weight excluding hydrogens is 284 g/mol. The second-order valence-electron chi connectivity index (χ2n) is 6.37. The number of rotatable bonds is 3. The second kappa shape index (κ2) is 5.26. The predicted octanol–water partition coefficient (Wildman–Crippen LogP) is 4.27. The molecule has 2 N–H and O–H groups in total. The minimum atomic E-state index is -0.608. The van der Waals surface area contributed by atoms with Gasteiger partial charge in [-0.3, -0.25) is 0 Å². The van der Waals surface area contributed by atoms with Crippen molar-refractivity contribution in [1.82, 2.24) is 4.98 Å². The molecule has 3 heteroatoms. The third-order valence-corrected chi connectivity index (χ3v) is 4.97. The summed E-state index contributed by atoms with van der Waals surface area (Å²) in [6.45, 7) is 0. The van der Waals surface area contributed by atoms with E-state index in [9.17, 15) is 5.11 Å². The van der Waals surface area contributed by atoms with Crippen molar-refractivity contribution in [3.8, 4) is 17.2 Å². The van der Waals surface area contributed by atoms with Gasteiger partial charge in [0.05, 0.1) is 18.1 Å². The number of fused-ring (bicyclic) bond motifs is 1. The molecule has 1 heterocycles. The van der Waals surface area contributed by atoms with Crippen LogP contribution in [0.3, 0.4) is 0 Å². The Morgan fingerprint density at radius 1 is 1.09 bits per heavy atom. The van der Waals surface area contributed by atoms with E-state index in [0.29, 0.717) is 6.42 Å². The van der Waals surface area contributed by atoms with E-state index in [1.54, 1.807) is 0 Å². The van der Waals surface area contributed by atoms with Crippen LogP contribution in [0.15, 0.2) is 48.7 Å². The fourth-order valence-electron chi connectivity index (χ4n) is 3.36. The topological polar surface area (TPSA) is 59.8 Å². The van der Waals surface area contributed by atoms with Crippen LogP contribution in [-0.2, 0) is 12.0 Å². The molecule has 2 aromatic carbocycles. The normalized spacial score (nSPS) is 16.0. The van der Waals surface area contributed by atoms with Gasteiger partial charge < -0.3 is 10.1 Å². The summed E-state index contributed by atoms with van der Waals surface area (Å²) in [5.41, 5.74) is 4.75. The Balaban J connectivity index is 1.71. The smallest absolute Gasteiger partial charge is 0.0896 e. The Hall–Kier alpha value is -2.57. The highest BCUT2D eigenvalue weighted by Gasteiger charge is 2.35. The Morgan fingerprint density at radius 3 is 2.48 bits per heavy atom. The summed E-state index contributed by atoms with van der Waals surface area (Å²) < 4.78 is 0. The van der Waals surface area contributed by atoms with Crippen LogP contribution in [0, 0.1) is 11.3 Å². The van der Waals surface area contributed by atoms with Gasteiger partial charge in [-0.2, -0.15) is 5.26 Å². The molecular formula is C20H18N2O. The number of aromatic nitrogens is 1. The average Bonchev–Trinajstić information content (AvgIpc) is 2.96. The highest BCUT2D eigenvalue weighted by Crippen LogP contribution is 2.41. The van der Waals surface area contributed by atoms with Crippen molar-refractivity contribution in [2.45, 2.75) is 31.3 Å². The minimum absolute atomic E-state index is 0.412. The lowest BCUT2D eigenvalue weighted by atomic mass is 9.75. The molecule has 1 aromatic heterocycles. The molecule has 0 amide bonds. The van der Waals surface area contributed by atoms with Crippen LogP contribution in [0.5, 0.6) is 0 Å². The lowest BCUT2D eigenvalue weighted by Gasteiger charge is -2.37. The van der Waals surface area contributed by atoms with Crippen molar-refractivity contribution in [2.75, 3.05) is 0 Å². The summed E-state index contributed by atoms with van der Waals surface area (Å²) in [6, 6.07) is 16.7.